The van der Waals surface area contributed by atoms with E-state index < -0.39 is 5.56 Å². The number of nitrogens with zero attached hydrogens (tertiary/aromatic N) is 4. The smallest absolute Gasteiger partial charge is 0.266 e. The molecule has 0 atom stereocenters. The first-order valence-corrected chi connectivity index (χ1v) is 6.50. The van der Waals surface area contributed by atoms with Gasteiger partial charge in [0.2, 0.25) is 0 Å². The van der Waals surface area contributed by atoms with Crippen LogP contribution in [0.2, 0.25) is 0 Å². The molecule has 0 radical (unpaired) electrons. The third-order valence-electron chi connectivity index (χ3n) is 2.61. The third kappa shape index (κ3) is 2.61. The largest absolute Gasteiger partial charge is 0.289 e. The molecule has 0 unspecified atom stereocenters. The normalized spacial score (nSPS) is 10.8. The van der Waals surface area contributed by atoms with Crippen LogP contribution >= 0.6 is 11.3 Å². The Hall–Kier alpha value is -2.26. The molecule has 19 heavy (non-hydrogen) atoms. The Balaban J connectivity index is 2.49. The number of rotatable bonds is 2. The molecule has 0 saturated carbocycles. The van der Waals surface area contributed by atoms with Crippen LogP contribution in [-0.2, 0) is 0 Å². The van der Waals surface area contributed by atoms with Crippen LogP contribution in [0.15, 0.2) is 21.3 Å². The standard InChI is InChI=1S/C13H12N4OS/c1-8-4-9(2)17(13(18)12(8)5-14)15-6-11-7-19-10(3)16-11/h4,6-7H,1-3H3/b15-6-. The number of nitriles is 1. The first-order chi connectivity index (χ1) is 9.02. The molecule has 2 aromatic rings. The van der Waals surface area contributed by atoms with Crippen LogP contribution in [-0.4, -0.2) is 15.9 Å². The van der Waals surface area contributed by atoms with Crippen molar-refractivity contribution in [2.45, 2.75) is 20.8 Å². The molecule has 0 aliphatic carbocycles. The highest BCUT2D eigenvalue weighted by Gasteiger charge is 2.08. The summed E-state index contributed by atoms with van der Waals surface area (Å²) in [5, 5.41) is 15.9. The Kier molecular flexibility index (Phi) is 3.58. The summed E-state index contributed by atoms with van der Waals surface area (Å²) in [7, 11) is 0. The van der Waals surface area contributed by atoms with E-state index >= 15 is 0 Å². The number of aromatic nitrogens is 2. The van der Waals surface area contributed by atoms with Crippen molar-refractivity contribution in [1.82, 2.24) is 9.66 Å². The minimum absolute atomic E-state index is 0.122. The molecule has 96 valence electrons. The van der Waals surface area contributed by atoms with E-state index in [1.165, 1.54) is 22.2 Å². The maximum absolute atomic E-state index is 12.1. The molecule has 0 saturated heterocycles. The molecule has 0 aliphatic rings. The van der Waals surface area contributed by atoms with Crippen LogP contribution in [0.3, 0.4) is 0 Å². The van der Waals surface area contributed by atoms with Gasteiger partial charge in [-0.3, -0.25) is 4.79 Å². The van der Waals surface area contributed by atoms with Gasteiger partial charge >= 0.3 is 0 Å². The highest BCUT2D eigenvalue weighted by Crippen LogP contribution is 2.07. The van der Waals surface area contributed by atoms with Crippen LogP contribution in [0.4, 0.5) is 0 Å². The minimum Gasteiger partial charge on any atom is -0.266 e. The van der Waals surface area contributed by atoms with E-state index in [1.54, 1.807) is 19.9 Å². The predicted octanol–water partition coefficient (Wildman–Crippen LogP) is 1.98. The molecule has 5 nitrogen and oxygen atoms in total. The zero-order valence-corrected chi connectivity index (χ0v) is 11.7. The quantitative estimate of drug-likeness (QED) is 0.785. The molecule has 0 N–H and O–H groups in total. The summed E-state index contributed by atoms with van der Waals surface area (Å²) in [6.07, 6.45) is 1.52. The van der Waals surface area contributed by atoms with Crippen molar-refractivity contribution in [2.75, 3.05) is 0 Å². The second-order valence-corrected chi connectivity index (χ2v) is 5.17. The van der Waals surface area contributed by atoms with Crippen LogP contribution in [0.25, 0.3) is 0 Å². The number of aryl methyl sites for hydroxylation is 3. The number of hydrogen-bond acceptors (Lipinski definition) is 5. The van der Waals surface area contributed by atoms with Crippen molar-refractivity contribution >= 4 is 17.6 Å². The first-order valence-electron chi connectivity index (χ1n) is 5.62. The maximum atomic E-state index is 12.1. The third-order valence-corrected chi connectivity index (χ3v) is 3.41. The Bertz CT molecular complexity index is 749. The van der Waals surface area contributed by atoms with Gasteiger partial charge in [0.25, 0.3) is 5.56 Å². The summed E-state index contributed by atoms with van der Waals surface area (Å²) in [5.74, 6) is 0. The van der Waals surface area contributed by atoms with Crippen LogP contribution in [0.1, 0.15) is 27.5 Å². The van der Waals surface area contributed by atoms with Crippen molar-refractivity contribution in [3.05, 3.63) is 49.3 Å². The molecule has 0 aliphatic heterocycles. The van der Waals surface area contributed by atoms with Crippen molar-refractivity contribution in [3.8, 4) is 6.07 Å². The van der Waals surface area contributed by atoms with Gasteiger partial charge < -0.3 is 0 Å². The van der Waals surface area contributed by atoms with Gasteiger partial charge in [-0.25, -0.2) is 9.66 Å². The van der Waals surface area contributed by atoms with Crippen LogP contribution < -0.4 is 5.56 Å². The topological polar surface area (TPSA) is 71.0 Å². The molecule has 0 aromatic carbocycles. The Labute approximate surface area is 114 Å². The molecular weight excluding hydrogens is 260 g/mol. The van der Waals surface area contributed by atoms with Gasteiger partial charge in [-0.2, -0.15) is 10.4 Å². The average Bonchev–Trinajstić information content (AvgIpc) is 2.75. The van der Waals surface area contributed by atoms with E-state index in [4.69, 9.17) is 5.26 Å². The Morgan fingerprint density at radius 2 is 2.21 bits per heavy atom. The van der Waals surface area contributed by atoms with Gasteiger partial charge in [0.1, 0.15) is 11.6 Å². The van der Waals surface area contributed by atoms with Gasteiger partial charge in [-0.1, -0.05) is 0 Å². The van der Waals surface area contributed by atoms with E-state index in [0.717, 1.165) is 5.01 Å². The maximum Gasteiger partial charge on any atom is 0.289 e. The van der Waals surface area contributed by atoms with E-state index in [0.29, 0.717) is 17.0 Å². The molecule has 6 heteroatoms. The van der Waals surface area contributed by atoms with Crippen LogP contribution in [0.5, 0.6) is 0 Å². The van der Waals surface area contributed by atoms with Crippen molar-refractivity contribution < 1.29 is 0 Å². The van der Waals surface area contributed by atoms with E-state index in [1.807, 2.05) is 18.4 Å². The number of thiazole rings is 1. The van der Waals surface area contributed by atoms with Gasteiger partial charge in [-0.05, 0) is 32.4 Å². The fourth-order valence-electron chi connectivity index (χ4n) is 1.72. The minimum atomic E-state index is -0.400. The Morgan fingerprint density at radius 3 is 2.79 bits per heavy atom. The number of pyridine rings is 1. The lowest BCUT2D eigenvalue weighted by molar-refractivity contribution is 0.786. The molecule has 0 amide bonds. The predicted molar refractivity (Wildman–Crippen MR) is 74.7 cm³/mol. The van der Waals surface area contributed by atoms with Gasteiger partial charge in [-0.15, -0.1) is 11.3 Å². The summed E-state index contributed by atoms with van der Waals surface area (Å²) in [5.41, 5.74) is 1.78. The van der Waals surface area contributed by atoms with Crippen molar-refractivity contribution in [3.63, 3.8) is 0 Å². The highest BCUT2D eigenvalue weighted by atomic mass is 32.1. The lowest BCUT2D eigenvalue weighted by Gasteiger charge is -2.05. The summed E-state index contributed by atoms with van der Waals surface area (Å²) in [6.45, 7) is 5.42. The first kappa shape index (κ1) is 13.2. The number of hydrogen-bond donors (Lipinski definition) is 0. The monoisotopic (exact) mass is 272 g/mol. The SMILES string of the molecule is Cc1nc(/C=N\n2c(C)cc(C)c(C#N)c2=O)cs1. The fraction of sp³-hybridized carbons (Fsp3) is 0.231. The summed E-state index contributed by atoms with van der Waals surface area (Å²) in [6, 6.07) is 3.68. The molecule has 0 bridgehead atoms. The molecule has 0 fully saturated rings. The van der Waals surface area contributed by atoms with Crippen LogP contribution in [0, 0.1) is 32.1 Å². The van der Waals surface area contributed by atoms with Gasteiger partial charge in [0, 0.05) is 11.1 Å². The van der Waals surface area contributed by atoms with E-state index in [2.05, 4.69) is 10.1 Å². The molecule has 0 spiro atoms. The zero-order chi connectivity index (χ0) is 14.0. The molecular formula is C13H12N4OS. The van der Waals surface area contributed by atoms with Gasteiger partial charge in [0.05, 0.1) is 16.9 Å². The average molecular weight is 272 g/mol. The summed E-state index contributed by atoms with van der Waals surface area (Å²) in [4.78, 5) is 16.3. The van der Waals surface area contributed by atoms with Gasteiger partial charge in [0.15, 0.2) is 0 Å². The fourth-order valence-corrected chi connectivity index (χ4v) is 2.28. The zero-order valence-electron chi connectivity index (χ0n) is 10.8. The summed E-state index contributed by atoms with van der Waals surface area (Å²) >= 11 is 1.52. The lowest BCUT2D eigenvalue weighted by atomic mass is 10.1. The van der Waals surface area contributed by atoms with Crippen molar-refractivity contribution in [2.24, 2.45) is 5.10 Å². The van der Waals surface area contributed by atoms with Crippen molar-refractivity contribution in [1.29, 1.82) is 5.26 Å². The molecule has 2 heterocycles. The lowest BCUT2D eigenvalue weighted by Crippen LogP contribution is -2.22. The van der Waals surface area contributed by atoms with E-state index in [9.17, 15) is 4.79 Å². The highest BCUT2D eigenvalue weighted by molar-refractivity contribution is 7.09. The molecule has 2 aromatic heterocycles. The molecule has 2 rings (SSSR count). The Morgan fingerprint density at radius 1 is 1.47 bits per heavy atom. The second-order valence-electron chi connectivity index (χ2n) is 4.11. The summed E-state index contributed by atoms with van der Waals surface area (Å²) < 4.78 is 1.22. The van der Waals surface area contributed by atoms with E-state index in [-0.39, 0.29) is 5.56 Å². The second kappa shape index (κ2) is 5.16.